The van der Waals surface area contributed by atoms with E-state index in [0.717, 1.165) is 30.5 Å². The topological polar surface area (TPSA) is 80.6 Å². The van der Waals surface area contributed by atoms with Gasteiger partial charge in [0, 0.05) is 37.6 Å². The van der Waals surface area contributed by atoms with Crippen molar-refractivity contribution in [2.45, 2.75) is 57.2 Å². The standard InChI is InChI=1S/C22H30N2O5/c1-22(21(26)24-10-9-15(13-24)14-25)12-18(23-29-22)16-7-8-19(27-2)20(11-16)28-17-5-3-4-6-17/h7-8,11,15,17,25H,3-6,9-10,12-14H2,1-2H3. The lowest BCUT2D eigenvalue weighted by Crippen LogP contribution is -2.46. The Labute approximate surface area is 171 Å². The largest absolute Gasteiger partial charge is 0.493 e. The van der Waals surface area contributed by atoms with Crippen molar-refractivity contribution in [2.75, 3.05) is 26.8 Å². The molecule has 0 bridgehead atoms. The van der Waals surface area contributed by atoms with Gasteiger partial charge in [0.2, 0.25) is 5.60 Å². The number of amides is 1. The van der Waals surface area contributed by atoms with Gasteiger partial charge in [-0.25, -0.2) is 0 Å². The van der Waals surface area contributed by atoms with Crippen LogP contribution in [0.2, 0.25) is 0 Å². The molecule has 0 spiro atoms. The molecule has 3 aliphatic rings. The summed E-state index contributed by atoms with van der Waals surface area (Å²) in [4.78, 5) is 20.4. The molecule has 2 unspecified atom stereocenters. The van der Waals surface area contributed by atoms with E-state index in [9.17, 15) is 9.90 Å². The minimum Gasteiger partial charge on any atom is -0.493 e. The van der Waals surface area contributed by atoms with Crippen LogP contribution in [0.25, 0.3) is 0 Å². The van der Waals surface area contributed by atoms with E-state index < -0.39 is 5.60 Å². The van der Waals surface area contributed by atoms with Crippen molar-refractivity contribution >= 4 is 11.6 Å². The van der Waals surface area contributed by atoms with Crippen LogP contribution in [0.4, 0.5) is 0 Å². The fraction of sp³-hybridized carbons (Fsp3) is 0.636. The predicted molar refractivity (Wildman–Crippen MR) is 108 cm³/mol. The van der Waals surface area contributed by atoms with Crippen LogP contribution in [0.15, 0.2) is 23.4 Å². The molecule has 4 rings (SSSR count). The highest BCUT2D eigenvalue weighted by atomic mass is 16.7. The monoisotopic (exact) mass is 402 g/mol. The minimum absolute atomic E-state index is 0.0665. The van der Waals surface area contributed by atoms with Gasteiger partial charge in [-0.15, -0.1) is 0 Å². The number of hydrogen-bond acceptors (Lipinski definition) is 6. The molecule has 0 radical (unpaired) electrons. The molecular formula is C22H30N2O5. The molecule has 7 nitrogen and oxygen atoms in total. The van der Waals surface area contributed by atoms with E-state index in [1.54, 1.807) is 18.9 Å². The van der Waals surface area contributed by atoms with Gasteiger partial charge >= 0.3 is 0 Å². The van der Waals surface area contributed by atoms with Crippen molar-refractivity contribution in [1.29, 1.82) is 0 Å². The Morgan fingerprint density at radius 3 is 2.79 bits per heavy atom. The van der Waals surface area contributed by atoms with Gasteiger partial charge in [0.05, 0.1) is 18.9 Å². The molecule has 1 N–H and O–H groups in total. The number of likely N-dealkylation sites (tertiary alicyclic amines) is 1. The number of ether oxygens (including phenoxy) is 2. The van der Waals surface area contributed by atoms with E-state index in [4.69, 9.17) is 14.3 Å². The molecule has 2 fully saturated rings. The van der Waals surface area contributed by atoms with E-state index in [-0.39, 0.29) is 24.5 Å². The van der Waals surface area contributed by atoms with Crippen molar-refractivity contribution in [2.24, 2.45) is 11.1 Å². The van der Waals surface area contributed by atoms with E-state index in [1.165, 1.54) is 12.8 Å². The van der Waals surface area contributed by atoms with Gasteiger partial charge in [-0.1, -0.05) is 5.16 Å². The van der Waals surface area contributed by atoms with E-state index in [0.29, 0.717) is 31.0 Å². The lowest BCUT2D eigenvalue weighted by atomic mass is 9.94. The first kappa shape index (κ1) is 20.0. The third-order valence-corrected chi connectivity index (χ3v) is 6.24. The molecule has 1 aromatic carbocycles. The Morgan fingerprint density at radius 1 is 1.31 bits per heavy atom. The van der Waals surface area contributed by atoms with Crippen molar-refractivity contribution in [3.05, 3.63) is 23.8 Å². The van der Waals surface area contributed by atoms with Crippen LogP contribution in [0.3, 0.4) is 0 Å². The third kappa shape index (κ3) is 4.06. The van der Waals surface area contributed by atoms with Crippen LogP contribution in [0, 0.1) is 5.92 Å². The number of methoxy groups -OCH3 is 1. The van der Waals surface area contributed by atoms with E-state index in [1.807, 2.05) is 18.2 Å². The SMILES string of the molecule is COc1ccc(C2=NOC(C)(C(=O)N3CCC(CO)C3)C2)cc1OC1CCCC1. The number of nitrogens with zero attached hydrogens (tertiary/aromatic N) is 2. The number of rotatable bonds is 6. The Bertz CT molecular complexity index is 789. The summed E-state index contributed by atoms with van der Waals surface area (Å²) in [5, 5.41) is 13.6. The lowest BCUT2D eigenvalue weighted by Gasteiger charge is -2.26. The summed E-state index contributed by atoms with van der Waals surface area (Å²) in [6.07, 6.45) is 5.97. The molecule has 2 atom stereocenters. The highest BCUT2D eigenvalue weighted by molar-refractivity contribution is 6.05. The van der Waals surface area contributed by atoms with Crippen molar-refractivity contribution in [3.63, 3.8) is 0 Å². The minimum atomic E-state index is -1.01. The lowest BCUT2D eigenvalue weighted by molar-refractivity contribution is -0.152. The Kier molecular flexibility index (Phi) is 5.67. The zero-order chi connectivity index (χ0) is 20.4. The smallest absolute Gasteiger partial charge is 0.269 e. The summed E-state index contributed by atoms with van der Waals surface area (Å²) in [6, 6.07) is 5.75. The molecule has 2 heterocycles. The van der Waals surface area contributed by atoms with Crippen molar-refractivity contribution in [3.8, 4) is 11.5 Å². The van der Waals surface area contributed by atoms with Gasteiger partial charge < -0.3 is 24.3 Å². The molecule has 1 saturated heterocycles. The summed E-state index contributed by atoms with van der Waals surface area (Å²) >= 11 is 0. The number of aliphatic hydroxyl groups excluding tert-OH is 1. The molecule has 1 saturated carbocycles. The fourth-order valence-corrected chi connectivity index (χ4v) is 4.44. The van der Waals surface area contributed by atoms with Crippen LogP contribution in [-0.2, 0) is 9.63 Å². The van der Waals surface area contributed by atoms with Crippen molar-refractivity contribution in [1.82, 2.24) is 4.90 Å². The average molecular weight is 402 g/mol. The second-order valence-corrected chi connectivity index (χ2v) is 8.52. The summed E-state index contributed by atoms with van der Waals surface area (Å²) in [6.45, 7) is 3.13. The molecule has 2 aliphatic heterocycles. The maximum absolute atomic E-state index is 13.0. The van der Waals surface area contributed by atoms with Crippen LogP contribution < -0.4 is 9.47 Å². The zero-order valence-corrected chi connectivity index (χ0v) is 17.2. The first-order chi connectivity index (χ1) is 14.0. The number of benzene rings is 1. The highest BCUT2D eigenvalue weighted by Gasteiger charge is 2.46. The summed E-state index contributed by atoms with van der Waals surface area (Å²) in [5.41, 5.74) is 0.606. The fourth-order valence-electron chi connectivity index (χ4n) is 4.44. The molecule has 1 amide bonds. The quantitative estimate of drug-likeness (QED) is 0.791. The molecular weight excluding hydrogens is 372 g/mol. The predicted octanol–water partition coefficient (Wildman–Crippen LogP) is 2.74. The van der Waals surface area contributed by atoms with Crippen LogP contribution in [0.1, 0.15) is 51.0 Å². The molecule has 29 heavy (non-hydrogen) atoms. The van der Waals surface area contributed by atoms with Gasteiger partial charge in [0.25, 0.3) is 5.91 Å². The first-order valence-corrected chi connectivity index (χ1v) is 10.5. The molecule has 1 aromatic rings. The maximum Gasteiger partial charge on any atom is 0.269 e. The summed E-state index contributed by atoms with van der Waals surface area (Å²) in [5.74, 6) is 1.50. The van der Waals surface area contributed by atoms with Gasteiger partial charge in [-0.2, -0.15) is 0 Å². The second-order valence-electron chi connectivity index (χ2n) is 8.52. The number of oxime groups is 1. The van der Waals surface area contributed by atoms with E-state index >= 15 is 0 Å². The average Bonchev–Trinajstić information content (AvgIpc) is 3.49. The zero-order valence-electron chi connectivity index (χ0n) is 17.2. The Balaban J connectivity index is 1.47. The number of carbonyl (C=O) groups excluding carboxylic acids is 1. The Morgan fingerprint density at radius 2 is 2.10 bits per heavy atom. The van der Waals surface area contributed by atoms with Crippen LogP contribution in [-0.4, -0.2) is 60.1 Å². The molecule has 0 aromatic heterocycles. The number of hydrogen-bond donors (Lipinski definition) is 1. The number of aliphatic hydroxyl groups is 1. The van der Waals surface area contributed by atoms with Crippen LogP contribution >= 0.6 is 0 Å². The summed E-state index contributed by atoms with van der Waals surface area (Å²) in [7, 11) is 1.64. The van der Waals surface area contributed by atoms with E-state index in [2.05, 4.69) is 5.16 Å². The van der Waals surface area contributed by atoms with Gasteiger partial charge in [0.15, 0.2) is 11.5 Å². The first-order valence-electron chi connectivity index (χ1n) is 10.5. The number of carbonyl (C=O) groups is 1. The van der Waals surface area contributed by atoms with Gasteiger partial charge in [-0.3, -0.25) is 4.79 Å². The molecule has 7 heteroatoms. The second kappa shape index (κ2) is 8.22. The highest BCUT2D eigenvalue weighted by Crippen LogP contribution is 2.35. The van der Waals surface area contributed by atoms with Crippen LogP contribution in [0.5, 0.6) is 11.5 Å². The Hall–Kier alpha value is -2.28. The summed E-state index contributed by atoms with van der Waals surface area (Å²) < 4.78 is 11.6. The molecule has 1 aliphatic carbocycles. The van der Waals surface area contributed by atoms with Gasteiger partial charge in [-0.05, 0) is 57.2 Å². The van der Waals surface area contributed by atoms with Gasteiger partial charge in [0.1, 0.15) is 0 Å². The van der Waals surface area contributed by atoms with Crippen molar-refractivity contribution < 1.29 is 24.2 Å². The molecule has 158 valence electrons. The third-order valence-electron chi connectivity index (χ3n) is 6.24. The maximum atomic E-state index is 13.0. The normalized spacial score (nSPS) is 27.1.